The molecule has 0 saturated carbocycles. The average molecular weight is 279 g/mol. The molecule has 1 aliphatic heterocycles. The highest BCUT2D eigenvalue weighted by molar-refractivity contribution is 7.99. The van der Waals surface area contributed by atoms with E-state index in [0.717, 1.165) is 17.0 Å². The van der Waals surface area contributed by atoms with Crippen LogP contribution in [0.15, 0.2) is 18.2 Å². The van der Waals surface area contributed by atoms with Crippen molar-refractivity contribution in [3.8, 4) is 0 Å². The zero-order valence-electron chi connectivity index (χ0n) is 11.5. The van der Waals surface area contributed by atoms with E-state index in [4.69, 9.17) is 5.73 Å². The third kappa shape index (κ3) is 3.64. The molecule has 0 radical (unpaired) electrons. The van der Waals surface area contributed by atoms with E-state index in [1.54, 1.807) is 6.07 Å². The third-order valence-electron chi connectivity index (χ3n) is 3.49. The highest BCUT2D eigenvalue weighted by atomic mass is 32.2. The fraction of sp³-hybridized carbons (Fsp3) is 0.500. The normalized spacial score (nSPS) is 18.8. The summed E-state index contributed by atoms with van der Waals surface area (Å²) in [4.78, 5) is 14.2. The maximum Gasteiger partial charge on any atom is 0.238 e. The number of likely N-dealkylation sites (N-methyl/N-ethyl adjacent to an activating group) is 1. The molecule has 1 aliphatic rings. The van der Waals surface area contributed by atoms with Crippen molar-refractivity contribution in [1.29, 1.82) is 0 Å². The molecule has 1 amide bonds. The minimum atomic E-state index is 0.000370. The Morgan fingerprint density at radius 2 is 2.37 bits per heavy atom. The lowest BCUT2D eigenvalue weighted by molar-refractivity contribution is -0.117. The third-order valence-corrected chi connectivity index (χ3v) is 4.64. The lowest BCUT2D eigenvalue weighted by atomic mass is 10.1. The molecule has 1 saturated heterocycles. The Morgan fingerprint density at radius 3 is 3.00 bits per heavy atom. The van der Waals surface area contributed by atoms with Crippen LogP contribution in [0, 0.1) is 6.92 Å². The van der Waals surface area contributed by atoms with Crippen molar-refractivity contribution < 1.29 is 4.79 Å². The molecule has 5 heteroatoms. The molecule has 3 N–H and O–H groups in total. The summed E-state index contributed by atoms with van der Waals surface area (Å²) in [7, 11) is 2.01. The average Bonchev–Trinajstić information content (AvgIpc) is 2.88. The van der Waals surface area contributed by atoms with Gasteiger partial charge in [-0.05, 0) is 37.8 Å². The summed E-state index contributed by atoms with van der Waals surface area (Å²) in [6, 6.07) is 6.16. The van der Waals surface area contributed by atoms with Gasteiger partial charge in [0.2, 0.25) is 5.91 Å². The number of aryl methyl sites for hydroxylation is 1. The minimum Gasteiger partial charge on any atom is -0.397 e. The van der Waals surface area contributed by atoms with Gasteiger partial charge in [0.1, 0.15) is 0 Å². The number of rotatable bonds is 4. The van der Waals surface area contributed by atoms with E-state index in [0.29, 0.717) is 18.3 Å². The number of benzene rings is 1. The summed E-state index contributed by atoms with van der Waals surface area (Å²) in [5.41, 5.74) is 8.24. The van der Waals surface area contributed by atoms with Crippen molar-refractivity contribution in [3.63, 3.8) is 0 Å². The van der Waals surface area contributed by atoms with Crippen LogP contribution < -0.4 is 11.1 Å². The van der Waals surface area contributed by atoms with Crippen molar-refractivity contribution in [1.82, 2.24) is 4.90 Å². The lowest BCUT2D eigenvalue weighted by Gasteiger charge is -2.23. The minimum absolute atomic E-state index is 0.000370. The first-order valence-corrected chi connectivity index (χ1v) is 7.66. The van der Waals surface area contributed by atoms with Crippen LogP contribution in [0.2, 0.25) is 0 Å². The van der Waals surface area contributed by atoms with Gasteiger partial charge in [0.25, 0.3) is 0 Å². The maximum atomic E-state index is 12.1. The Morgan fingerprint density at radius 1 is 1.58 bits per heavy atom. The fourth-order valence-corrected chi connectivity index (χ4v) is 3.56. The van der Waals surface area contributed by atoms with Gasteiger partial charge >= 0.3 is 0 Å². The number of nitrogen functional groups attached to an aromatic ring is 1. The van der Waals surface area contributed by atoms with E-state index in [1.807, 2.05) is 37.9 Å². The second kappa shape index (κ2) is 6.30. The van der Waals surface area contributed by atoms with Crippen LogP contribution in [-0.2, 0) is 4.79 Å². The van der Waals surface area contributed by atoms with Crippen LogP contribution in [0.4, 0.5) is 11.4 Å². The largest absolute Gasteiger partial charge is 0.397 e. The number of nitrogens with zero attached hydrogens (tertiary/aromatic N) is 1. The first-order chi connectivity index (χ1) is 9.08. The molecule has 0 aromatic heterocycles. The van der Waals surface area contributed by atoms with E-state index in [9.17, 15) is 4.79 Å². The van der Waals surface area contributed by atoms with Crippen molar-refractivity contribution in [2.45, 2.75) is 19.4 Å². The molecule has 1 fully saturated rings. The molecule has 1 aromatic carbocycles. The summed E-state index contributed by atoms with van der Waals surface area (Å²) >= 11 is 1.95. The summed E-state index contributed by atoms with van der Waals surface area (Å²) in [5, 5.41) is 2.92. The van der Waals surface area contributed by atoms with Gasteiger partial charge < -0.3 is 11.1 Å². The van der Waals surface area contributed by atoms with Gasteiger partial charge in [0, 0.05) is 11.8 Å². The summed E-state index contributed by atoms with van der Waals surface area (Å²) in [6.07, 6.45) is 1.17. The van der Waals surface area contributed by atoms with Gasteiger partial charge in [0.15, 0.2) is 0 Å². The maximum absolute atomic E-state index is 12.1. The molecular weight excluding hydrogens is 258 g/mol. The Hall–Kier alpha value is -1.20. The van der Waals surface area contributed by atoms with Crippen molar-refractivity contribution >= 4 is 29.0 Å². The highest BCUT2D eigenvalue weighted by Gasteiger charge is 2.21. The van der Waals surface area contributed by atoms with Gasteiger partial charge in [-0.25, -0.2) is 0 Å². The van der Waals surface area contributed by atoms with E-state index in [-0.39, 0.29) is 5.91 Å². The van der Waals surface area contributed by atoms with Crippen LogP contribution in [0.1, 0.15) is 12.0 Å². The molecule has 0 aliphatic carbocycles. The fourth-order valence-electron chi connectivity index (χ4n) is 2.27. The summed E-state index contributed by atoms with van der Waals surface area (Å²) in [5.74, 6) is 2.32. The number of thioether (sulfide) groups is 1. The predicted molar refractivity (Wildman–Crippen MR) is 82.6 cm³/mol. The van der Waals surface area contributed by atoms with Crippen LogP contribution in [0.25, 0.3) is 0 Å². The van der Waals surface area contributed by atoms with Gasteiger partial charge in [-0.15, -0.1) is 0 Å². The molecule has 2 rings (SSSR count). The number of hydrogen-bond donors (Lipinski definition) is 2. The highest BCUT2D eigenvalue weighted by Crippen LogP contribution is 2.23. The van der Waals surface area contributed by atoms with E-state index < -0.39 is 0 Å². The van der Waals surface area contributed by atoms with E-state index in [1.165, 1.54) is 12.2 Å². The zero-order valence-corrected chi connectivity index (χ0v) is 12.3. The standard InChI is InChI=1S/C14H21N3OS/c1-10-4-3-5-12(15)14(10)16-13(18)8-17(2)11-6-7-19-9-11/h3-5,11H,6-9,15H2,1-2H3,(H,16,18). The molecule has 1 heterocycles. The molecule has 104 valence electrons. The molecule has 1 atom stereocenters. The number of para-hydroxylation sites is 1. The number of amides is 1. The zero-order chi connectivity index (χ0) is 13.8. The SMILES string of the molecule is Cc1cccc(N)c1NC(=O)CN(C)C1CCSC1. The number of nitrogens with two attached hydrogens (primary N) is 1. The number of anilines is 2. The van der Waals surface area contributed by atoms with E-state index in [2.05, 4.69) is 10.2 Å². The number of hydrogen-bond acceptors (Lipinski definition) is 4. The number of carbonyl (C=O) groups excluding carboxylic acids is 1. The Bertz CT molecular complexity index is 438. The molecule has 1 aromatic rings. The lowest BCUT2D eigenvalue weighted by Crippen LogP contribution is -2.38. The first-order valence-electron chi connectivity index (χ1n) is 6.51. The Labute approximate surface area is 118 Å². The Kier molecular flexibility index (Phi) is 4.71. The second-order valence-corrected chi connectivity index (χ2v) is 6.17. The Balaban J connectivity index is 1.93. The number of nitrogens with one attached hydrogen (secondary N) is 1. The van der Waals surface area contributed by atoms with Crippen LogP contribution in [-0.4, -0.2) is 41.9 Å². The molecule has 4 nitrogen and oxygen atoms in total. The smallest absolute Gasteiger partial charge is 0.238 e. The predicted octanol–water partition coefficient (Wildman–Crippen LogP) is 1.95. The van der Waals surface area contributed by atoms with Gasteiger partial charge in [-0.3, -0.25) is 9.69 Å². The quantitative estimate of drug-likeness (QED) is 0.827. The van der Waals surface area contributed by atoms with Crippen LogP contribution in [0.3, 0.4) is 0 Å². The molecule has 0 spiro atoms. The summed E-state index contributed by atoms with van der Waals surface area (Å²) in [6.45, 7) is 2.36. The van der Waals surface area contributed by atoms with Gasteiger partial charge in [-0.2, -0.15) is 11.8 Å². The van der Waals surface area contributed by atoms with Crippen molar-refractivity contribution in [3.05, 3.63) is 23.8 Å². The molecular formula is C14H21N3OS. The van der Waals surface area contributed by atoms with Crippen LogP contribution >= 0.6 is 11.8 Å². The molecule has 1 unspecified atom stereocenters. The van der Waals surface area contributed by atoms with Gasteiger partial charge in [0.05, 0.1) is 17.9 Å². The van der Waals surface area contributed by atoms with Gasteiger partial charge in [-0.1, -0.05) is 12.1 Å². The topological polar surface area (TPSA) is 58.4 Å². The summed E-state index contributed by atoms with van der Waals surface area (Å²) < 4.78 is 0. The van der Waals surface area contributed by atoms with E-state index >= 15 is 0 Å². The first kappa shape index (κ1) is 14.2. The van der Waals surface area contributed by atoms with Crippen molar-refractivity contribution in [2.75, 3.05) is 36.1 Å². The monoisotopic (exact) mass is 279 g/mol. The molecule has 0 bridgehead atoms. The number of carbonyl (C=O) groups is 1. The van der Waals surface area contributed by atoms with Crippen molar-refractivity contribution in [2.24, 2.45) is 0 Å². The van der Waals surface area contributed by atoms with Crippen LogP contribution in [0.5, 0.6) is 0 Å². The molecule has 19 heavy (non-hydrogen) atoms. The second-order valence-electron chi connectivity index (χ2n) is 5.02.